The van der Waals surface area contributed by atoms with E-state index in [1.54, 1.807) is 0 Å². The smallest absolute Gasteiger partial charge is 0.257 e. The van der Waals surface area contributed by atoms with Gasteiger partial charge in [0, 0.05) is 63.8 Å². The Balaban J connectivity index is 1.39. The lowest BCUT2D eigenvalue weighted by molar-refractivity contribution is 0.102. The third-order valence-electron chi connectivity index (χ3n) is 6.12. The Morgan fingerprint density at radius 2 is 1.73 bits per heavy atom. The van der Waals surface area contributed by atoms with Gasteiger partial charge in [-0.25, -0.2) is 13.4 Å². The van der Waals surface area contributed by atoms with E-state index in [1.807, 2.05) is 18.2 Å². The van der Waals surface area contributed by atoms with E-state index in [0.717, 1.165) is 36.6 Å². The summed E-state index contributed by atoms with van der Waals surface area (Å²) in [4.78, 5) is 21.1. The zero-order valence-corrected chi connectivity index (χ0v) is 22.7. The standard InChI is InChI=1S/C26H32N4O5S2/c1-34-16-14-30(15-17-35-2)37(32,33)22-10-8-21(9-11-22)25(31)28-26-27-23-12-13-29(19-24(23)36-26)18-20-6-4-3-5-7-20/h3-11H,12-19H2,1-2H3,(H,27,28,31). The van der Waals surface area contributed by atoms with E-state index < -0.39 is 10.0 Å². The third-order valence-corrected chi connectivity index (χ3v) is 9.03. The summed E-state index contributed by atoms with van der Waals surface area (Å²) in [5, 5.41) is 3.43. The van der Waals surface area contributed by atoms with Crippen LogP contribution in [0.2, 0.25) is 0 Å². The summed E-state index contributed by atoms with van der Waals surface area (Å²) in [6, 6.07) is 16.3. The SMILES string of the molecule is COCCN(CCOC)S(=O)(=O)c1ccc(C(=O)Nc2nc3c(s2)CN(Cc2ccccc2)CC3)cc1. The molecule has 4 rings (SSSR count). The molecule has 1 aliphatic rings. The van der Waals surface area contributed by atoms with E-state index in [4.69, 9.17) is 9.47 Å². The highest BCUT2D eigenvalue weighted by Crippen LogP contribution is 2.29. The monoisotopic (exact) mass is 544 g/mol. The Morgan fingerprint density at radius 1 is 1.05 bits per heavy atom. The number of anilines is 1. The summed E-state index contributed by atoms with van der Waals surface area (Å²) in [5.74, 6) is -0.327. The maximum absolute atomic E-state index is 13.1. The number of aromatic nitrogens is 1. The minimum Gasteiger partial charge on any atom is -0.383 e. The van der Waals surface area contributed by atoms with E-state index in [0.29, 0.717) is 10.7 Å². The van der Waals surface area contributed by atoms with Gasteiger partial charge in [-0.1, -0.05) is 30.3 Å². The molecule has 1 aromatic heterocycles. The van der Waals surface area contributed by atoms with Crippen molar-refractivity contribution < 1.29 is 22.7 Å². The van der Waals surface area contributed by atoms with Crippen LogP contribution in [0.1, 0.15) is 26.5 Å². The quantitative estimate of drug-likeness (QED) is 0.374. The number of hydrogen-bond donors (Lipinski definition) is 1. The summed E-state index contributed by atoms with van der Waals surface area (Å²) < 4.78 is 37.6. The maximum Gasteiger partial charge on any atom is 0.257 e. The molecule has 0 saturated carbocycles. The number of nitrogens with one attached hydrogen (secondary N) is 1. The van der Waals surface area contributed by atoms with Crippen LogP contribution < -0.4 is 5.32 Å². The van der Waals surface area contributed by atoms with E-state index in [9.17, 15) is 13.2 Å². The van der Waals surface area contributed by atoms with Gasteiger partial charge in [-0.15, -0.1) is 11.3 Å². The van der Waals surface area contributed by atoms with E-state index in [1.165, 1.54) is 59.7 Å². The minimum atomic E-state index is -3.75. The molecule has 198 valence electrons. The number of fused-ring (bicyclic) bond motifs is 1. The summed E-state index contributed by atoms with van der Waals surface area (Å²) in [7, 11) is -0.706. The molecule has 1 N–H and O–H groups in total. The van der Waals surface area contributed by atoms with Crippen LogP contribution in [-0.2, 0) is 39.0 Å². The lowest BCUT2D eigenvalue weighted by atomic mass is 10.1. The normalized spacial score (nSPS) is 14.0. The van der Waals surface area contributed by atoms with E-state index in [-0.39, 0.29) is 37.1 Å². The number of methoxy groups -OCH3 is 2. The summed E-state index contributed by atoms with van der Waals surface area (Å²) >= 11 is 1.49. The molecule has 3 aromatic rings. The molecule has 2 aromatic carbocycles. The van der Waals surface area contributed by atoms with Crippen molar-refractivity contribution in [2.24, 2.45) is 0 Å². The zero-order valence-electron chi connectivity index (χ0n) is 21.1. The van der Waals surface area contributed by atoms with Crippen LogP contribution in [-0.4, -0.2) is 75.6 Å². The second-order valence-electron chi connectivity index (χ2n) is 8.70. The van der Waals surface area contributed by atoms with Gasteiger partial charge in [-0.05, 0) is 29.8 Å². The molecule has 9 nitrogen and oxygen atoms in total. The molecule has 2 heterocycles. The zero-order chi connectivity index (χ0) is 26.3. The first-order valence-corrected chi connectivity index (χ1v) is 14.3. The van der Waals surface area contributed by atoms with E-state index >= 15 is 0 Å². The van der Waals surface area contributed by atoms with Gasteiger partial charge in [0.15, 0.2) is 5.13 Å². The van der Waals surface area contributed by atoms with Crippen LogP contribution in [0.4, 0.5) is 5.13 Å². The summed E-state index contributed by atoms with van der Waals surface area (Å²) in [5.41, 5.74) is 2.66. The number of sulfonamides is 1. The predicted octanol–water partition coefficient (Wildman–Crippen LogP) is 3.24. The Hall–Kier alpha value is -2.67. The highest BCUT2D eigenvalue weighted by Gasteiger charge is 2.25. The molecule has 0 aliphatic carbocycles. The number of ether oxygens (including phenoxy) is 2. The molecule has 0 atom stereocenters. The largest absolute Gasteiger partial charge is 0.383 e. The van der Waals surface area contributed by atoms with Crippen LogP contribution in [0.15, 0.2) is 59.5 Å². The Labute approximate surface area is 222 Å². The average molecular weight is 545 g/mol. The van der Waals surface area contributed by atoms with Crippen LogP contribution in [0.25, 0.3) is 0 Å². The molecular weight excluding hydrogens is 512 g/mol. The molecule has 0 unspecified atom stereocenters. The van der Waals surface area contributed by atoms with Crippen LogP contribution >= 0.6 is 11.3 Å². The number of rotatable bonds is 12. The molecule has 1 aliphatic heterocycles. The van der Waals surface area contributed by atoms with Crippen LogP contribution in [0, 0.1) is 0 Å². The number of hydrogen-bond acceptors (Lipinski definition) is 8. The van der Waals surface area contributed by atoms with E-state index in [2.05, 4.69) is 27.3 Å². The second-order valence-corrected chi connectivity index (χ2v) is 11.7. The third kappa shape index (κ3) is 7.01. The summed E-state index contributed by atoms with van der Waals surface area (Å²) in [6.07, 6.45) is 0.837. The Bertz CT molecular complexity index is 1270. The van der Waals surface area contributed by atoms with Gasteiger partial charge in [-0.3, -0.25) is 15.0 Å². The van der Waals surface area contributed by atoms with Crippen molar-refractivity contribution in [2.45, 2.75) is 24.4 Å². The molecule has 37 heavy (non-hydrogen) atoms. The average Bonchev–Trinajstić information content (AvgIpc) is 3.30. The van der Waals surface area contributed by atoms with Gasteiger partial charge in [0.2, 0.25) is 10.0 Å². The van der Waals surface area contributed by atoms with Gasteiger partial charge >= 0.3 is 0 Å². The van der Waals surface area contributed by atoms with Crippen molar-refractivity contribution in [2.75, 3.05) is 52.4 Å². The molecule has 0 bridgehead atoms. The van der Waals surface area contributed by atoms with Gasteiger partial charge in [0.05, 0.1) is 23.8 Å². The van der Waals surface area contributed by atoms with Crippen molar-refractivity contribution >= 4 is 32.4 Å². The minimum absolute atomic E-state index is 0.111. The van der Waals surface area contributed by atoms with Crippen molar-refractivity contribution in [3.8, 4) is 0 Å². The van der Waals surface area contributed by atoms with Crippen molar-refractivity contribution in [3.63, 3.8) is 0 Å². The lowest BCUT2D eigenvalue weighted by Crippen LogP contribution is -2.36. The molecule has 1 amide bonds. The van der Waals surface area contributed by atoms with Crippen molar-refractivity contribution in [1.82, 2.24) is 14.2 Å². The molecule has 11 heteroatoms. The number of thiazole rings is 1. The maximum atomic E-state index is 13.1. The first kappa shape index (κ1) is 27.4. The number of benzene rings is 2. The van der Waals surface area contributed by atoms with Gasteiger partial charge in [0.1, 0.15) is 0 Å². The second kappa shape index (κ2) is 12.7. The van der Waals surface area contributed by atoms with Crippen molar-refractivity contribution in [1.29, 1.82) is 0 Å². The highest BCUT2D eigenvalue weighted by atomic mass is 32.2. The first-order chi connectivity index (χ1) is 17.9. The van der Waals surface area contributed by atoms with Crippen LogP contribution in [0.5, 0.6) is 0 Å². The van der Waals surface area contributed by atoms with Crippen LogP contribution in [0.3, 0.4) is 0 Å². The Morgan fingerprint density at radius 3 is 2.38 bits per heavy atom. The molecule has 0 saturated heterocycles. The van der Waals surface area contributed by atoms with Crippen molar-refractivity contribution in [3.05, 3.63) is 76.3 Å². The fraction of sp³-hybridized carbons (Fsp3) is 0.385. The summed E-state index contributed by atoms with van der Waals surface area (Å²) in [6.45, 7) is 3.55. The predicted molar refractivity (Wildman–Crippen MR) is 143 cm³/mol. The van der Waals surface area contributed by atoms with Gasteiger partial charge in [-0.2, -0.15) is 4.31 Å². The first-order valence-electron chi connectivity index (χ1n) is 12.0. The fourth-order valence-electron chi connectivity index (χ4n) is 4.11. The number of carbonyl (C=O) groups is 1. The molecular formula is C26H32N4O5S2. The molecule has 0 radical (unpaired) electrons. The number of nitrogens with zero attached hydrogens (tertiary/aromatic N) is 3. The topological polar surface area (TPSA) is 101 Å². The number of carbonyl (C=O) groups excluding carboxylic acids is 1. The number of amides is 1. The highest BCUT2D eigenvalue weighted by molar-refractivity contribution is 7.89. The Kier molecular flexibility index (Phi) is 9.41. The molecule has 0 fully saturated rings. The fourth-order valence-corrected chi connectivity index (χ4v) is 6.57. The molecule has 0 spiro atoms. The van der Waals surface area contributed by atoms with Gasteiger partial charge in [0.25, 0.3) is 5.91 Å². The lowest BCUT2D eigenvalue weighted by Gasteiger charge is -2.25. The van der Waals surface area contributed by atoms with Gasteiger partial charge < -0.3 is 9.47 Å².